The molecule has 0 bridgehead atoms. The Morgan fingerprint density at radius 2 is 2.06 bits per heavy atom. The maximum atomic E-state index is 11.4. The first-order valence-electron chi connectivity index (χ1n) is 5.29. The monoisotopic (exact) mass is 244 g/mol. The number of aromatic nitrogens is 2. The molecule has 0 amide bonds. The summed E-state index contributed by atoms with van der Waals surface area (Å²) in [5, 5.41) is 0. The standard InChI is InChI=1S/C13H12N2O3/c1-17-10-5-3-4-9(6-10)11-7-14-8-12(15-11)13(16)18-2/h3-8H,1-2H3. The van der Waals surface area contributed by atoms with E-state index >= 15 is 0 Å². The molecule has 0 atom stereocenters. The van der Waals surface area contributed by atoms with Crippen LogP contribution in [-0.4, -0.2) is 30.2 Å². The highest BCUT2D eigenvalue weighted by Gasteiger charge is 2.09. The van der Waals surface area contributed by atoms with Crippen molar-refractivity contribution in [2.24, 2.45) is 0 Å². The van der Waals surface area contributed by atoms with Crippen molar-refractivity contribution in [1.82, 2.24) is 9.97 Å². The molecule has 0 N–H and O–H groups in total. The van der Waals surface area contributed by atoms with E-state index in [-0.39, 0.29) is 5.69 Å². The van der Waals surface area contributed by atoms with Gasteiger partial charge in [0.2, 0.25) is 0 Å². The number of nitrogens with zero attached hydrogens (tertiary/aromatic N) is 2. The van der Waals surface area contributed by atoms with E-state index in [0.29, 0.717) is 5.69 Å². The van der Waals surface area contributed by atoms with Crippen molar-refractivity contribution >= 4 is 5.97 Å². The van der Waals surface area contributed by atoms with Crippen molar-refractivity contribution in [2.45, 2.75) is 0 Å². The predicted molar refractivity (Wildman–Crippen MR) is 65.4 cm³/mol. The molecule has 1 heterocycles. The summed E-state index contributed by atoms with van der Waals surface area (Å²) in [6.07, 6.45) is 2.96. The van der Waals surface area contributed by atoms with Crippen molar-refractivity contribution in [3.8, 4) is 17.0 Å². The second-order valence-corrected chi connectivity index (χ2v) is 3.51. The lowest BCUT2D eigenvalue weighted by molar-refractivity contribution is 0.0593. The zero-order chi connectivity index (χ0) is 13.0. The molecular weight excluding hydrogens is 232 g/mol. The van der Waals surface area contributed by atoms with Crippen LogP contribution < -0.4 is 4.74 Å². The molecule has 5 nitrogen and oxygen atoms in total. The smallest absolute Gasteiger partial charge is 0.358 e. The van der Waals surface area contributed by atoms with Crippen molar-refractivity contribution in [1.29, 1.82) is 0 Å². The quantitative estimate of drug-likeness (QED) is 0.772. The van der Waals surface area contributed by atoms with E-state index in [4.69, 9.17) is 4.74 Å². The van der Waals surface area contributed by atoms with E-state index in [1.165, 1.54) is 13.3 Å². The van der Waals surface area contributed by atoms with Crippen LogP contribution in [0.15, 0.2) is 36.7 Å². The van der Waals surface area contributed by atoms with Gasteiger partial charge in [-0.3, -0.25) is 4.98 Å². The molecule has 92 valence electrons. The minimum Gasteiger partial charge on any atom is -0.497 e. The molecule has 0 unspecified atom stereocenters. The maximum Gasteiger partial charge on any atom is 0.358 e. The summed E-state index contributed by atoms with van der Waals surface area (Å²) in [5.41, 5.74) is 1.60. The Balaban J connectivity index is 2.41. The normalized spacial score (nSPS) is 9.89. The minimum absolute atomic E-state index is 0.179. The molecular formula is C13H12N2O3. The van der Waals surface area contributed by atoms with Gasteiger partial charge in [0.15, 0.2) is 5.69 Å². The van der Waals surface area contributed by atoms with Crippen molar-refractivity contribution in [2.75, 3.05) is 14.2 Å². The Bertz CT molecular complexity index is 570. The average molecular weight is 244 g/mol. The fourth-order valence-corrected chi connectivity index (χ4v) is 1.49. The van der Waals surface area contributed by atoms with Crippen LogP contribution in [0.2, 0.25) is 0 Å². The topological polar surface area (TPSA) is 61.3 Å². The number of rotatable bonds is 3. The first kappa shape index (κ1) is 12.0. The molecule has 0 aliphatic rings. The second-order valence-electron chi connectivity index (χ2n) is 3.51. The number of carbonyl (C=O) groups excluding carboxylic acids is 1. The van der Waals surface area contributed by atoms with Crippen LogP contribution in [0.4, 0.5) is 0 Å². The largest absolute Gasteiger partial charge is 0.497 e. The van der Waals surface area contributed by atoms with E-state index in [1.54, 1.807) is 13.3 Å². The molecule has 2 rings (SSSR count). The van der Waals surface area contributed by atoms with Gasteiger partial charge in [0.1, 0.15) is 5.75 Å². The average Bonchev–Trinajstić information content (AvgIpc) is 2.46. The molecule has 18 heavy (non-hydrogen) atoms. The van der Waals surface area contributed by atoms with Gasteiger partial charge >= 0.3 is 5.97 Å². The molecule has 0 radical (unpaired) electrons. The van der Waals surface area contributed by atoms with Crippen molar-refractivity contribution < 1.29 is 14.3 Å². The molecule has 0 saturated heterocycles. The van der Waals surface area contributed by atoms with E-state index < -0.39 is 5.97 Å². The predicted octanol–water partition coefficient (Wildman–Crippen LogP) is 1.94. The maximum absolute atomic E-state index is 11.4. The van der Waals surface area contributed by atoms with Gasteiger partial charge in [-0.1, -0.05) is 12.1 Å². The van der Waals surface area contributed by atoms with Crippen LogP contribution in [0.1, 0.15) is 10.5 Å². The van der Waals surface area contributed by atoms with E-state index in [0.717, 1.165) is 11.3 Å². The molecule has 5 heteroatoms. The Labute approximate surface area is 104 Å². The van der Waals surface area contributed by atoms with Gasteiger partial charge in [-0.05, 0) is 12.1 Å². The third kappa shape index (κ3) is 2.45. The molecule has 2 aromatic rings. The van der Waals surface area contributed by atoms with Gasteiger partial charge in [-0.25, -0.2) is 9.78 Å². The number of ether oxygens (including phenoxy) is 2. The molecule has 0 fully saturated rings. The fraction of sp³-hybridized carbons (Fsp3) is 0.154. The SMILES string of the molecule is COC(=O)c1cncc(-c2cccc(OC)c2)n1. The highest BCUT2D eigenvalue weighted by atomic mass is 16.5. The number of esters is 1. The molecule has 0 saturated carbocycles. The number of methoxy groups -OCH3 is 2. The lowest BCUT2D eigenvalue weighted by atomic mass is 10.1. The molecule has 0 aliphatic carbocycles. The molecule has 1 aromatic carbocycles. The summed E-state index contributed by atoms with van der Waals surface area (Å²) in [6, 6.07) is 7.38. The third-order valence-electron chi connectivity index (χ3n) is 2.39. The van der Waals surface area contributed by atoms with Crippen molar-refractivity contribution in [3.05, 3.63) is 42.4 Å². The zero-order valence-electron chi connectivity index (χ0n) is 10.1. The third-order valence-corrected chi connectivity index (χ3v) is 2.39. The highest BCUT2D eigenvalue weighted by molar-refractivity contribution is 5.87. The van der Waals surface area contributed by atoms with E-state index in [2.05, 4.69) is 14.7 Å². The first-order valence-corrected chi connectivity index (χ1v) is 5.29. The summed E-state index contributed by atoms with van der Waals surface area (Å²) in [4.78, 5) is 19.5. The Kier molecular flexibility index (Phi) is 3.52. The molecule has 0 aliphatic heterocycles. The zero-order valence-corrected chi connectivity index (χ0v) is 10.1. The van der Waals surface area contributed by atoms with Gasteiger partial charge < -0.3 is 9.47 Å². The lowest BCUT2D eigenvalue weighted by Crippen LogP contribution is -2.05. The number of benzene rings is 1. The van der Waals surface area contributed by atoms with E-state index in [1.807, 2.05) is 24.3 Å². The van der Waals surface area contributed by atoms with Crippen LogP contribution in [0.25, 0.3) is 11.3 Å². The van der Waals surface area contributed by atoms with E-state index in [9.17, 15) is 4.79 Å². The van der Waals surface area contributed by atoms with Crippen molar-refractivity contribution in [3.63, 3.8) is 0 Å². The van der Waals surface area contributed by atoms with Gasteiger partial charge in [0.05, 0.1) is 32.3 Å². The summed E-state index contributed by atoms with van der Waals surface area (Å²) in [6.45, 7) is 0. The number of hydrogen-bond donors (Lipinski definition) is 0. The van der Waals surface area contributed by atoms with Crippen LogP contribution in [0.3, 0.4) is 0 Å². The summed E-state index contributed by atoms with van der Waals surface area (Å²) >= 11 is 0. The van der Waals surface area contributed by atoms with Crippen LogP contribution in [-0.2, 0) is 4.74 Å². The summed E-state index contributed by atoms with van der Waals surface area (Å²) < 4.78 is 9.74. The Hall–Kier alpha value is -2.43. The Morgan fingerprint density at radius 3 is 2.78 bits per heavy atom. The fourth-order valence-electron chi connectivity index (χ4n) is 1.49. The van der Waals surface area contributed by atoms with Gasteiger partial charge in [0.25, 0.3) is 0 Å². The first-order chi connectivity index (χ1) is 8.74. The van der Waals surface area contributed by atoms with Gasteiger partial charge in [-0.15, -0.1) is 0 Å². The number of carbonyl (C=O) groups is 1. The summed E-state index contributed by atoms with van der Waals surface area (Å²) in [5.74, 6) is 0.213. The lowest BCUT2D eigenvalue weighted by Gasteiger charge is -2.05. The molecule has 0 spiro atoms. The van der Waals surface area contributed by atoms with Gasteiger partial charge in [0, 0.05) is 5.56 Å². The molecule has 1 aromatic heterocycles. The summed E-state index contributed by atoms with van der Waals surface area (Å²) in [7, 11) is 2.90. The highest BCUT2D eigenvalue weighted by Crippen LogP contribution is 2.21. The number of hydrogen-bond acceptors (Lipinski definition) is 5. The van der Waals surface area contributed by atoms with Crippen LogP contribution >= 0.6 is 0 Å². The second kappa shape index (κ2) is 5.27. The van der Waals surface area contributed by atoms with Crippen LogP contribution in [0.5, 0.6) is 5.75 Å². The Morgan fingerprint density at radius 1 is 1.22 bits per heavy atom. The van der Waals surface area contributed by atoms with Crippen LogP contribution in [0, 0.1) is 0 Å². The van der Waals surface area contributed by atoms with Gasteiger partial charge in [-0.2, -0.15) is 0 Å². The minimum atomic E-state index is -0.507.